The summed E-state index contributed by atoms with van der Waals surface area (Å²) < 4.78 is 27.6. The van der Waals surface area contributed by atoms with Crippen molar-refractivity contribution >= 4 is 40.6 Å². The molecule has 0 unspecified atom stereocenters. The van der Waals surface area contributed by atoms with Gasteiger partial charge >= 0.3 is 0 Å². The molecule has 1 N–H and O–H groups in total. The third kappa shape index (κ3) is 4.72. The number of benzene rings is 1. The van der Waals surface area contributed by atoms with Gasteiger partial charge in [-0.3, -0.25) is 19.5 Å². The van der Waals surface area contributed by atoms with E-state index in [0.29, 0.717) is 11.3 Å². The molecule has 2 heterocycles. The molecule has 0 saturated carbocycles. The molecule has 3 aromatic rings. The minimum Gasteiger partial charge on any atom is -0.326 e. The van der Waals surface area contributed by atoms with Crippen molar-refractivity contribution in [2.24, 2.45) is 0 Å². The fourth-order valence-electron chi connectivity index (χ4n) is 2.69. The first-order valence-corrected chi connectivity index (χ1v) is 8.83. The van der Waals surface area contributed by atoms with E-state index in [0.717, 1.165) is 11.1 Å². The van der Waals surface area contributed by atoms with Gasteiger partial charge in [-0.05, 0) is 23.8 Å². The van der Waals surface area contributed by atoms with Crippen LogP contribution in [0.1, 0.15) is 12.5 Å². The molecule has 2 amide bonds. The minimum atomic E-state index is -0.695. The SMILES string of the molecule is CC(=O)N(c1cc(NC(=O)Cc2cccc(F)c2Cl)ccn1)c1ccncc1F. The van der Waals surface area contributed by atoms with Crippen molar-refractivity contribution in [3.63, 3.8) is 0 Å². The zero-order chi connectivity index (χ0) is 21.0. The number of carbonyl (C=O) groups is 2. The van der Waals surface area contributed by atoms with Crippen LogP contribution in [0.3, 0.4) is 0 Å². The van der Waals surface area contributed by atoms with Crippen LogP contribution in [-0.2, 0) is 16.0 Å². The van der Waals surface area contributed by atoms with E-state index in [2.05, 4.69) is 15.3 Å². The summed E-state index contributed by atoms with van der Waals surface area (Å²) in [5.74, 6) is -2.11. The van der Waals surface area contributed by atoms with Gasteiger partial charge in [-0.1, -0.05) is 23.7 Å². The first-order valence-electron chi connectivity index (χ1n) is 8.46. The summed E-state index contributed by atoms with van der Waals surface area (Å²) in [7, 11) is 0. The number of aromatic nitrogens is 2. The average Bonchev–Trinajstić information content (AvgIpc) is 2.67. The van der Waals surface area contributed by atoms with Crippen molar-refractivity contribution in [2.45, 2.75) is 13.3 Å². The molecule has 148 valence electrons. The molecule has 0 saturated heterocycles. The number of halogens is 3. The molecule has 29 heavy (non-hydrogen) atoms. The Labute approximate surface area is 170 Å². The van der Waals surface area contributed by atoms with Crippen LogP contribution in [0.15, 0.2) is 55.0 Å². The van der Waals surface area contributed by atoms with Crippen LogP contribution >= 0.6 is 11.6 Å². The Morgan fingerprint density at radius 3 is 2.66 bits per heavy atom. The summed E-state index contributed by atoms with van der Waals surface area (Å²) in [5.41, 5.74) is 0.644. The average molecular weight is 417 g/mol. The van der Waals surface area contributed by atoms with Gasteiger partial charge < -0.3 is 5.32 Å². The van der Waals surface area contributed by atoms with E-state index in [1.807, 2.05) is 0 Å². The third-order valence-electron chi connectivity index (χ3n) is 3.95. The van der Waals surface area contributed by atoms with Crippen molar-refractivity contribution in [1.29, 1.82) is 0 Å². The summed E-state index contributed by atoms with van der Waals surface area (Å²) in [5, 5.41) is 2.52. The fraction of sp³-hybridized carbons (Fsp3) is 0.100. The first-order chi connectivity index (χ1) is 13.9. The molecule has 0 radical (unpaired) electrons. The third-order valence-corrected chi connectivity index (χ3v) is 4.37. The summed E-state index contributed by atoms with van der Waals surface area (Å²) in [6, 6.07) is 8.49. The van der Waals surface area contributed by atoms with Gasteiger partial charge in [-0.15, -0.1) is 0 Å². The summed E-state index contributed by atoms with van der Waals surface area (Å²) in [6.07, 6.45) is 3.56. The molecule has 6 nitrogen and oxygen atoms in total. The molecule has 0 bridgehead atoms. The van der Waals surface area contributed by atoms with Gasteiger partial charge in [0.05, 0.1) is 23.3 Å². The largest absolute Gasteiger partial charge is 0.326 e. The highest BCUT2D eigenvalue weighted by molar-refractivity contribution is 6.31. The Morgan fingerprint density at radius 1 is 1.14 bits per heavy atom. The van der Waals surface area contributed by atoms with Crippen molar-refractivity contribution in [2.75, 3.05) is 10.2 Å². The van der Waals surface area contributed by atoms with Crippen LogP contribution in [0.5, 0.6) is 0 Å². The van der Waals surface area contributed by atoms with Crippen LogP contribution in [0, 0.1) is 11.6 Å². The fourth-order valence-corrected chi connectivity index (χ4v) is 2.88. The Hall–Kier alpha value is -3.39. The van der Waals surface area contributed by atoms with Gasteiger partial charge in [0, 0.05) is 31.1 Å². The van der Waals surface area contributed by atoms with E-state index >= 15 is 0 Å². The van der Waals surface area contributed by atoms with Gasteiger partial charge in [-0.25, -0.2) is 13.8 Å². The van der Waals surface area contributed by atoms with E-state index in [9.17, 15) is 18.4 Å². The Balaban J connectivity index is 1.83. The highest BCUT2D eigenvalue weighted by Gasteiger charge is 2.20. The quantitative estimate of drug-likeness (QED) is 0.673. The number of hydrogen-bond acceptors (Lipinski definition) is 4. The predicted octanol–water partition coefficient (Wildman–Crippen LogP) is 4.27. The molecule has 0 aliphatic heterocycles. The lowest BCUT2D eigenvalue weighted by Crippen LogP contribution is -2.25. The summed E-state index contributed by atoms with van der Waals surface area (Å²) in [6.45, 7) is 1.26. The van der Waals surface area contributed by atoms with Crippen molar-refractivity contribution in [1.82, 2.24) is 9.97 Å². The number of hydrogen-bond donors (Lipinski definition) is 1. The van der Waals surface area contributed by atoms with Crippen molar-refractivity contribution in [3.05, 3.63) is 77.2 Å². The molecule has 0 aliphatic rings. The molecule has 3 rings (SSSR count). The highest BCUT2D eigenvalue weighted by atomic mass is 35.5. The summed E-state index contributed by atoms with van der Waals surface area (Å²) >= 11 is 5.87. The number of amides is 2. The van der Waals surface area contributed by atoms with Crippen LogP contribution in [-0.4, -0.2) is 21.8 Å². The lowest BCUT2D eigenvalue weighted by atomic mass is 10.1. The molecule has 0 spiro atoms. The molecule has 0 aliphatic carbocycles. The topological polar surface area (TPSA) is 75.2 Å². The van der Waals surface area contributed by atoms with Crippen LogP contribution in [0.25, 0.3) is 0 Å². The van der Waals surface area contributed by atoms with E-state index in [1.165, 1.54) is 49.6 Å². The lowest BCUT2D eigenvalue weighted by Gasteiger charge is -2.21. The smallest absolute Gasteiger partial charge is 0.229 e. The first kappa shape index (κ1) is 20.3. The standard InChI is InChI=1S/C20H15ClF2N4O2/c1-12(28)27(17-6-7-24-11-16(17)23)18-10-14(5-8-25-18)26-19(29)9-13-3-2-4-15(22)20(13)21/h2-8,10-11H,9H2,1H3,(H,25,26,29). The number of anilines is 3. The predicted molar refractivity (Wildman–Crippen MR) is 105 cm³/mol. The van der Waals surface area contributed by atoms with Gasteiger partial charge in [0.25, 0.3) is 0 Å². The van der Waals surface area contributed by atoms with Gasteiger partial charge in [0.1, 0.15) is 11.6 Å². The van der Waals surface area contributed by atoms with Gasteiger partial charge in [-0.2, -0.15) is 0 Å². The van der Waals surface area contributed by atoms with E-state index in [1.54, 1.807) is 6.07 Å². The van der Waals surface area contributed by atoms with E-state index in [-0.39, 0.29) is 22.9 Å². The lowest BCUT2D eigenvalue weighted by molar-refractivity contribution is -0.116. The molecular weight excluding hydrogens is 402 g/mol. The number of rotatable bonds is 5. The molecule has 1 aromatic carbocycles. The maximum absolute atomic E-state index is 14.1. The molecule has 9 heteroatoms. The monoisotopic (exact) mass is 416 g/mol. The van der Waals surface area contributed by atoms with Gasteiger partial charge in [0.15, 0.2) is 5.82 Å². The molecule has 2 aromatic heterocycles. The number of pyridine rings is 2. The van der Waals surface area contributed by atoms with E-state index in [4.69, 9.17) is 11.6 Å². The molecule has 0 atom stereocenters. The van der Waals surface area contributed by atoms with E-state index < -0.39 is 23.4 Å². The second-order valence-electron chi connectivity index (χ2n) is 6.02. The number of carbonyl (C=O) groups excluding carboxylic acids is 2. The van der Waals surface area contributed by atoms with Crippen LogP contribution in [0.2, 0.25) is 5.02 Å². The van der Waals surface area contributed by atoms with Crippen LogP contribution in [0.4, 0.5) is 26.0 Å². The zero-order valence-corrected chi connectivity index (χ0v) is 16.0. The Morgan fingerprint density at radius 2 is 1.93 bits per heavy atom. The highest BCUT2D eigenvalue weighted by Crippen LogP contribution is 2.28. The second-order valence-corrected chi connectivity index (χ2v) is 6.40. The summed E-state index contributed by atoms with van der Waals surface area (Å²) in [4.78, 5) is 33.2. The maximum atomic E-state index is 14.1. The van der Waals surface area contributed by atoms with Crippen molar-refractivity contribution in [3.8, 4) is 0 Å². The second kappa shape index (κ2) is 8.74. The minimum absolute atomic E-state index is 0.0185. The maximum Gasteiger partial charge on any atom is 0.229 e. The molecular formula is C20H15ClF2N4O2. The van der Waals surface area contributed by atoms with Gasteiger partial charge in [0.2, 0.25) is 11.8 Å². The van der Waals surface area contributed by atoms with Crippen LogP contribution < -0.4 is 10.2 Å². The Kier molecular flexibility index (Phi) is 6.13. The zero-order valence-electron chi connectivity index (χ0n) is 15.2. The molecule has 0 fully saturated rings. The normalized spacial score (nSPS) is 10.5. The number of nitrogens with zero attached hydrogens (tertiary/aromatic N) is 3. The number of nitrogens with one attached hydrogen (secondary N) is 1. The van der Waals surface area contributed by atoms with Crippen molar-refractivity contribution < 1.29 is 18.4 Å². The Bertz CT molecular complexity index is 1080.